The second-order valence-electron chi connectivity index (χ2n) is 2.36. The fraction of sp³-hybridized carbons (Fsp3) is 0.455. The molecule has 0 heteroatoms. The third kappa shape index (κ3) is 9.04. The van der Waals surface area contributed by atoms with Crippen molar-refractivity contribution in [2.45, 2.75) is 32.6 Å². The number of hydrogen-bond donors (Lipinski definition) is 0. The average molecular weight is 148 g/mol. The summed E-state index contributed by atoms with van der Waals surface area (Å²) in [6.45, 7) is 2.04. The Morgan fingerprint density at radius 1 is 1.09 bits per heavy atom. The van der Waals surface area contributed by atoms with Crippen LogP contribution in [0.25, 0.3) is 0 Å². The van der Waals surface area contributed by atoms with Gasteiger partial charge in [0.05, 0.1) is 0 Å². The van der Waals surface area contributed by atoms with Gasteiger partial charge in [0, 0.05) is 6.42 Å². The highest BCUT2D eigenvalue weighted by atomic mass is 13.8. The minimum absolute atomic E-state index is 0.861. The van der Waals surface area contributed by atoms with Crippen LogP contribution in [0, 0.1) is 12.3 Å². The monoisotopic (exact) mass is 148 g/mol. The van der Waals surface area contributed by atoms with Crippen LogP contribution in [0.2, 0.25) is 0 Å². The van der Waals surface area contributed by atoms with Gasteiger partial charge in [0.25, 0.3) is 0 Å². The fourth-order valence-corrected chi connectivity index (χ4v) is 0.761. The molecule has 0 aromatic heterocycles. The van der Waals surface area contributed by atoms with E-state index in [1.807, 2.05) is 6.92 Å². The van der Waals surface area contributed by atoms with E-state index in [9.17, 15) is 0 Å². The van der Waals surface area contributed by atoms with Crippen LogP contribution in [0.1, 0.15) is 32.6 Å². The Morgan fingerprint density at radius 3 is 2.36 bits per heavy atom. The Balaban J connectivity index is 3.11. The van der Waals surface area contributed by atoms with Gasteiger partial charge in [-0.2, -0.15) is 0 Å². The van der Waals surface area contributed by atoms with Gasteiger partial charge in [0.1, 0.15) is 0 Å². The van der Waals surface area contributed by atoms with E-state index >= 15 is 0 Å². The summed E-state index contributed by atoms with van der Waals surface area (Å²) in [4.78, 5) is 0. The van der Waals surface area contributed by atoms with Crippen LogP contribution in [0.4, 0.5) is 0 Å². The molecular formula is C11H16. The summed E-state index contributed by atoms with van der Waals surface area (Å²) >= 11 is 0. The minimum atomic E-state index is 0.861. The van der Waals surface area contributed by atoms with Gasteiger partial charge in [-0.1, -0.05) is 24.3 Å². The first-order valence-electron chi connectivity index (χ1n) is 4.11. The molecule has 0 nitrogen and oxygen atoms in total. The number of terminal acetylenes is 1. The van der Waals surface area contributed by atoms with Crippen molar-refractivity contribution in [2.24, 2.45) is 0 Å². The molecular weight excluding hydrogens is 132 g/mol. The highest BCUT2D eigenvalue weighted by molar-refractivity contribution is 4.91. The predicted molar refractivity (Wildman–Crippen MR) is 51.3 cm³/mol. The lowest BCUT2D eigenvalue weighted by Gasteiger charge is -1.85. The standard InChI is InChI=1S/C11H16/c1-3-5-7-9-11-10-8-6-4-2/h1,4,6,9,11H,5,7-8,10H2,2H3/b6-4+,11-9+. The first-order chi connectivity index (χ1) is 5.41. The molecule has 0 aromatic carbocycles. The summed E-state index contributed by atoms with van der Waals surface area (Å²) in [5.74, 6) is 2.60. The van der Waals surface area contributed by atoms with Crippen LogP contribution in [0.5, 0.6) is 0 Å². The van der Waals surface area contributed by atoms with E-state index in [0.717, 1.165) is 25.7 Å². The highest BCUT2D eigenvalue weighted by Gasteiger charge is 1.76. The Kier molecular flexibility index (Phi) is 8.25. The Hall–Kier alpha value is -0.960. The maximum atomic E-state index is 5.10. The molecule has 0 aliphatic carbocycles. The SMILES string of the molecule is C#CCC/C=C/CC/C=C/C. The summed E-state index contributed by atoms with van der Waals surface area (Å²) in [5.41, 5.74) is 0. The van der Waals surface area contributed by atoms with Crippen molar-refractivity contribution >= 4 is 0 Å². The first kappa shape index (κ1) is 10.0. The van der Waals surface area contributed by atoms with Crippen LogP contribution in [-0.2, 0) is 0 Å². The van der Waals surface area contributed by atoms with Gasteiger partial charge < -0.3 is 0 Å². The molecule has 0 spiro atoms. The van der Waals surface area contributed by atoms with Gasteiger partial charge in [0.2, 0.25) is 0 Å². The molecule has 11 heavy (non-hydrogen) atoms. The van der Waals surface area contributed by atoms with Crippen LogP contribution in [0.15, 0.2) is 24.3 Å². The van der Waals surface area contributed by atoms with E-state index in [0.29, 0.717) is 0 Å². The van der Waals surface area contributed by atoms with Gasteiger partial charge in [0.15, 0.2) is 0 Å². The second-order valence-corrected chi connectivity index (χ2v) is 2.36. The van der Waals surface area contributed by atoms with Crippen molar-refractivity contribution < 1.29 is 0 Å². The molecule has 0 unspecified atom stereocenters. The van der Waals surface area contributed by atoms with E-state index in [2.05, 4.69) is 30.2 Å². The third-order valence-corrected chi connectivity index (χ3v) is 1.36. The molecule has 0 heterocycles. The Labute approximate surface area is 70.0 Å². The molecule has 60 valence electrons. The van der Waals surface area contributed by atoms with Crippen molar-refractivity contribution in [3.05, 3.63) is 24.3 Å². The molecule has 0 radical (unpaired) electrons. The molecule has 0 saturated heterocycles. The summed E-state index contributed by atoms with van der Waals surface area (Å²) in [7, 11) is 0. The fourth-order valence-electron chi connectivity index (χ4n) is 0.761. The zero-order valence-electron chi connectivity index (χ0n) is 7.22. The smallest absolute Gasteiger partial charge is 0.0121 e. The summed E-state index contributed by atoms with van der Waals surface area (Å²) in [6.07, 6.45) is 17.9. The lowest BCUT2D eigenvalue weighted by molar-refractivity contribution is 1.02. The number of unbranched alkanes of at least 4 members (excludes halogenated alkanes) is 2. The van der Waals surface area contributed by atoms with Gasteiger partial charge in [-0.15, -0.1) is 12.3 Å². The molecule has 0 rings (SSSR count). The topological polar surface area (TPSA) is 0 Å². The van der Waals surface area contributed by atoms with Gasteiger partial charge >= 0.3 is 0 Å². The van der Waals surface area contributed by atoms with Gasteiger partial charge in [-0.25, -0.2) is 0 Å². The third-order valence-electron chi connectivity index (χ3n) is 1.36. The van der Waals surface area contributed by atoms with Crippen molar-refractivity contribution in [3.63, 3.8) is 0 Å². The second kappa shape index (κ2) is 9.04. The number of allylic oxidation sites excluding steroid dienone is 4. The quantitative estimate of drug-likeness (QED) is 0.319. The van der Waals surface area contributed by atoms with E-state index < -0.39 is 0 Å². The number of hydrogen-bond acceptors (Lipinski definition) is 0. The zero-order valence-corrected chi connectivity index (χ0v) is 7.22. The van der Waals surface area contributed by atoms with Crippen molar-refractivity contribution in [1.82, 2.24) is 0 Å². The first-order valence-corrected chi connectivity index (χ1v) is 4.11. The summed E-state index contributed by atoms with van der Waals surface area (Å²) in [6, 6.07) is 0. The molecule has 0 bridgehead atoms. The van der Waals surface area contributed by atoms with E-state index in [4.69, 9.17) is 6.42 Å². The van der Waals surface area contributed by atoms with Crippen LogP contribution < -0.4 is 0 Å². The highest BCUT2D eigenvalue weighted by Crippen LogP contribution is 1.95. The van der Waals surface area contributed by atoms with E-state index in [-0.39, 0.29) is 0 Å². The molecule has 0 aromatic rings. The largest absolute Gasteiger partial charge is 0.120 e. The van der Waals surface area contributed by atoms with Crippen LogP contribution in [-0.4, -0.2) is 0 Å². The maximum Gasteiger partial charge on any atom is 0.0121 e. The normalized spacial score (nSPS) is 10.9. The van der Waals surface area contributed by atoms with Crippen molar-refractivity contribution in [3.8, 4) is 12.3 Å². The van der Waals surface area contributed by atoms with E-state index in [1.54, 1.807) is 0 Å². The summed E-state index contributed by atoms with van der Waals surface area (Å²) in [5, 5.41) is 0. The predicted octanol–water partition coefficient (Wildman–Crippen LogP) is 3.31. The Morgan fingerprint density at radius 2 is 1.73 bits per heavy atom. The minimum Gasteiger partial charge on any atom is -0.120 e. The molecule has 0 N–H and O–H groups in total. The molecule has 0 fully saturated rings. The van der Waals surface area contributed by atoms with Crippen molar-refractivity contribution in [1.29, 1.82) is 0 Å². The molecule has 0 saturated carbocycles. The number of rotatable bonds is 5. The average Bonchev–Trinajstić information content (AvgIpc) is 2.03. The molecule has 0 atom stereocenters. The molecule has 0 amide bonds. The van der Waals surface area contributed by atoms with Gasteiger partial charge in [-0.3, -0.25) is 0 Å². The lowest BCUT2D eigenvalue weighted by Crippen LogP contribution is -1.66. The van der Waals surface area contributed by atoms with Crippen LogP contribution in [0.3, 0.4) is 0 Å². The summed E-state index contributed by atoms with van der Waals surface area (Å²) < 4.78 is 0. The van der Waals surface area contributed by atoms with Crippen LogP contribution >= 0.6 is 0 Å². The lowest BCUT2D eigenvalue weighted by atomic mass is 10.2. The zero-order chi connectivity index (χ0) is 8.36. The van der Waals surface area contributed by atoms with E-state index in [1.165, 1.54) is 0 Å². The van der Waals surface area contributed by atoms with Gasteiger partial charge in [-0.05, 0) is 26.2 Å². The maximum absolute atomic E-state index is 5.10. The molecule has 0 aliphatic heterocycles. The van der Waals surface area contributed by atoms with Crippen molar-refractivity contribution in [2.75, 3.05) is 0 Å². The Bertz CT molecular complexity index is 155. The molecule has 0 aliphatic rings.